The van der Waals surface area contributed by atoms with Gasteiger partial charge >= 0.3 is 6.01 Å². The average molecular weight is 416 g/mol. The van der Waals surface area contributed by atoms with Gasteiger partial charge in [0.25, 0.3) is 0 Å². The molecule has 0 atom stereocenters. The van der Waals surface area contributed by atoms with Gasteiger partial charge < -0.3 is 15.1 Å². The third kappa shape index (κ3) is 5.18. The Balaban J connectivity index is 1.73. The number of anilines is 1. The molecule has 0 radical (unpaired) electrons. The molecule has 3 rings (SSSR count). The number of rotatable bonds is 7. The summed E-state index contributed by atoms with van der Waals surface area (Å²) in [6, 6.07) is 8.64. The first-order valence-corrected chi connectivity index (χ1v) is 9.35. The zero-order chi connectivity index (χ0) is 19.9. The normalized spacial score (nSPS) is 10.4. The molecule has 0 spiro atoms. The third-order valence-corrected chi connectivity index (χ3v) is 4.94. The molecule has 142 valence electrons. The number of aromatic nitrogens is 4. The van der Waals surface area contributed by atoms with Crippen LogP contribution in [0.2, 0.25) is 5.02 Å². The molecule has 0 aliphatic rings. The van der Waals surface area contributed by atoms with Gasteiger partial charge in [0.2, 0.25) is 11.8 Å². The maximum atomic E-state index is 12.8. The molecule has 0 unspecified atom stereocenters. The molecule has 28 heavy (non-hydrogen) atoms. The van der Waals surface area contributed by atoms with Gasteiger partial charge in [-0.3, -0.25) is 4.79 Å². The van der Waals surface area contributed by atoms with Gasteiger partial charge in [-0.25, -0.2) is 9.97 Å². The second-order valence-corrected chi connectivity index (χ2v) is 6.90. The van der Waals surface area contributed by atoms with E-state index < -0.39 is 0 Å². The lowest BCUT2D eigenvalue weighted by Gasteiger charge is -2.21. The highest BCUT2D eigenvalue weighted by Crippen LogP contribution is 2.24. The Labute approximate surface area is 169 Å². The fourth-order valence-corrected chi connectivity index (χ4v) is 3.30. The summed E-state index contributed by atoms with van der Waals surface area (Å²) in [6.45, 7) is 0.329. The van der Waals surface area contributed by atoms with E-state index in [1.54, 1.807) is 36.7 Å². The second kappa shape index (κ2) is 9.16. The van der Waals surface area contributed by atoms with E-state index in [1.165, 1.54) is 16.7 Å². The largest absolute Gasteiger partial charge is 0.406 e. The zero-order valence-electron chi connectivity index (χ0n) is 14.4. The molecule has 0 fully saturated rings. The van der Waals surface area contributed by atoms with Crippen molar-refractivity contribution in [1.82, 2.24) is 25.1 Å². The van der Waals surface area contributed by atoms with Crippen LogP contribution in [0.5, 0.6) is 0 Å². The van der Waals surface area contributed by atoms with Gasteiger partial charge in [-0.05, 0) is 23.8 Å². The second-order valence-electron chi connectivity index (χ2n) is 5.53. The van der Waals surface area contributed by atoms with Crippen molar-refractivity contribution in [1.29, 1.82) is 5.26 Å². The van der Waals surface area contributed by atoms with Crippen LogP contribution in [0.1, 0.15) is 17.1 Å². The van der Waals surface area contributed by atoms with Crippen molar-refractivity contribution in [3.63, 3.8) is 0 Å². The average Bonchev–Trinajstić information content (AvgIpc) is 3.12. The van der Waals surface area contributed by atoms with Crippen molar-refractivity contribution >= 4 is 35.3 Å². The number of thioether (sulfide) groups is 1. The van der Waals surface area contributed by atoms with Crippen molar-refractivity contribution in [2.24, 2.45) is 0 Å². The van der Waals surface area contributed by atoms with Crippen molar-refractivity contribution in [2.45, 2.75) is 18.1 Å². The Morgan fingerprint density at radius 1 is 1.29 bits per heavy atom. The van der Waals surface area contributed by atoms with Crippen molar-refractivity contribution < 1.29 is 9.21 Å². The quantitative estimate of drug-likeness (QED) is 0.576. The molecule has 0 saturated heterocycles. The van der Waals surface area contributed by atoms with E-state index in [4.69, 9.17) is 27.0 Å². The summed E-state index contributed by atoms with van der Waals surface area (Å²) < 4.78 is 5.18. The Kier molecular flexibility index (Phi) is 6.41. The van der Waals surface area contributed by atoms with Gasteiger partial charge in [0, 0.05) is 18.9 Å². The zero-order valence-corrected chi connectivity index (χ0v) is 16.0. The van der Waals surface area contributed by atoms with Crippen LogP contribution in [0.3, 0.4) is 0 Å². The van der Waals surface area contributed by atoms with Crippen LogP contribution in [-0.4, -0.2) is 36.7 Å². The summed E-state index contributed by atoms with van der Waals surface area (Å²) in [5, 5.41) is 17.3. The highest BCUT2D eigenvalue weighted by molar-refractivity contribution is 8.00. The number of nitriles is 1. The molecule has 9 nitrogen and oxygen atoms in total. The van der Waals surface area contributed by atoms with Crippen LogP contribution in [0, 0.1) is 11.3 Å². The maximum Gasteiger partial charge on any atom is 0.312 e. The topological polar surface area (TPSA) is 135 Å². The molecule has 0 saturated carbocycles. The Morgan fingerprint density at radius 2 is 2.14 bits per heavy atom. The predicted octanol–water partition coefficient (Wildman–Crippen LogP) is 2.29. The maximum absolute atomic E-state index is 12.8. The van der Waals surface area contributed by atoms with Crippen molar-refractivity contribution in [2.75, 3.05) is 11.5 Å². The van der Waals surface area contributed by atoms with Crippen LogP contribution in [-0.2, 0) is 17.9 Å². The Morgan fingerprint density at radius 3 is 2.79 bits per heavy atom. The first kappa shape index (κ1) is 19.6. The molecular weight excluding hydrogens is 402 g/mol. The summed E-state index contributed by atoms with van der Waals surface area (Å²) in [5.41, 5.74) is 6.50. The third-order valence-electron chi connectivity index (χ3n) is 3.53. The van der Waals surface area contributed by atoms with Crippen LogP contribution >= 0.6 is 23.4 Å². The summed E-state index contributed by atoms with van der Waals surface area (Å²) in [5.74, 6) is 0.144. The first-order chi connectivity index (χ1) is 13.5. The monoisotopic (exact) mass is 415 g/mol. The van der Waals surface area contributed by atoms with Crippen LogP contribution in [0.15, 0.2) is 46.1 Å². The van der Waals surface area contributed by atoms with Crippen molar-refractivity contribution in [3.8, 4) is 6.07 Å². The number of hydrogen-bond donors (Lipinski definition) is 1. The SMILES string of the molecule is N#Cc1ccc(CN(Cc2nnc(N)o2)C(=O)CSc2ncccc2Cl)cn1. The predicted molar refractivity (Wildman–Crippen MR) is 102 cm³/mol. The number of pyridine rings is 2. The van der Waals surface area contributed by atoms with Gasteiger partial charge in [0.15, 0.2) is 0 Å². The fraction of sp³-hybridized carbons (Fsp3) is 0.176. The Bertz CT molecular complexity index is 1000. The number of amides is 1. The van der Waals surface area contributed by atoms with E-state index in [9.17, 15) is 4.79 Å². The molecular formula is C17H14ClN7O2S. The van der Waals surface area contributed by atoms with Gasteiger partial charge in [0.1, 0.15) is 16.8 Å². The number of nitrogens with zero attached hydrogens (tertiary/aromatic N) is 6. The van der Waals surface area contributed by atoms with Crippen molar-refractivity contribution in [3.05, 3.63) is 58.8 Å². The van der Waals surface area contributed by atoms with E-state index in [2.05, 4.69) is 20.2 Å². The molecule has 0 aliphatic heterocycles. The van der Waals surface area contributed by atoms with Gasteiger partial charge in [0.05, 0.1) is 17.3 Å². The Hall–Kier alpha value is -3.16. The summed E-state index contributed by atoms with van der Waals surface area (Å²) >= 11 is 7.32. The van der Waals surface area contributed by atoms with Gasteiger partial charge in [-0.15, -0.1) is 5.10 Å². The summed E-state index contributed by atoms with van der Waals surface area (Å²) in [4.78, 5) is 22.5. The van der Waals surface area contributed by atoms with E-state index >= 15 is 0 Å². The minimum Gasteiger partial charge on any atom is -0.406 e. The number of nitrogens with two attached hydrogens (primary N) is 1. The van der Waals surface area contributed by atoms with E-state index in [1.807, 2.05) is 6.07 Å². The molecule has 3 aromatic heterocycles. The number of carbonyl (C=O) groups excluding carboxylic acids is 1. The standard InChI is InChI=1S/C17H14ClN7O2S/c18-13-2-1-5-21-16(13)28-10-15(26)25(9-14-23-24-17(20)27-14)8-11-3-4-12(6-19)22-7-11/h1-5,7H,8-10H2,(H2,20,24). The molecule has 3 aromatic rings. The van der Waals surface area contributed by atoms with Gasteiger partial charge in [-0.1, -0.05) is 34.5 Å². The number of nitrogen functional groups attached to an aromatic ring is 1. The fourth-order valence-electron chi connectivity index (χ4n) is 2.23. The van der Waals surface area contributed by atoms with Crippen LogP contribution in [0.25, 0.3) is 0 Å². The van der Waals surface area contributed by atoms with Crippen LogP contribution < -0.4 is 5.73 Å². The highest BCUT2D eigenvalue weighted by Gasteiger charge is 2.19. The minimum absolute atomic E-state index is 0.0721. The summed E-state index contributed by atoms with van der Waals surface area (Å²) in [7, 11) is 0. The molecule has 1 amide bonds. The highest BCUT2D eigenvalue weighted by atomic mass is 35.5. The van der Waals surface area contributed by atoms with E-state index in [0.717, 1.165) is 5.56 Å². The van der Waals surface area contributed by atoms with Crippen LogP contribution in [0.4, 0.5) is 6.01 Å². The number of hydrogen-bond acceptors (Lipinski definition) is 9. The lowest BCUT2D eigenvalue weighted by Crippen LogP contribution is -2.31. The molecule has 3 heterocycles. The summed E-state index contributed by atoms with van der Waals surface area (Å²) in [6.07, 6.45) is 3.16. The number of halogens is 1. The minimum atomic E-state index is -0.187. The lowest BCUT2D eigenvalue weighted by molar-refractivity contribution is -0.129. The number of carbonyl (C=O) groups is 1. The lowest BCUT2D eigenvalue weighted by atomic mass is 10.2. The molecule has 0 aliphatic carbocycles. The van der Waals surface area contributed by atoms with E-state index in [0.29, 0.717) is 15.7 Å². The smallest absolute Gasteiger partial charge is 0.312 e. The van der Waals surface area contributed by atoms with Gasteiger partial charge in [-0.2, -0.15) is 5.26 Å². The molecule has 0 aromatic carbocycles. The molecule has 0 bridgehead atoms. The molecule has 2 N–H and O–H groups in total. The first-order valence-electron chi connectivity index (χ1n) is 7.99. The molecule has 11 heteroatoms. The van der Waals surface area contributed by atoms with E-state index in [-0.39, 0.29) is 36.7 Å².